The van der Waals surface area contributed by atoms with Crippen molar-refractivity contribution in [3.63, 3.8) is 0 Å². The molecule has 1 aliphatic rings. The molecule has 0 aromatic heterocycles. The number of aliphatic carboxylic acids is 1. The molecule has 1 saturated carbocycles. The first-order chi connectivity index (χ1) is 9.74. The molecule has 0 unspecified atom stereocenters. The second-order valence-electron chi connectivity index (χ2n) is 6.28. The first-order valence-corrected chi connectivity index (χ1v) is 8.70. The molecule has 1 fully saturated rings. The summed E-state index contributed by atoms with van der Waals surface area (Å²) >= 11 is 0. The summed E-state index contributed by atoms with van der Waals surface area (Å²) in [4.78, 5) is 13.2. The Morgan fingerprint density at radius 1 is 1.00 bits per heavy atom. The first-order valence-electron chi connectivity index (χ1n) is 8.70. The smallest absolute Gasteiger partial charge is 0.317 e. The second-order valence-corrected chi connectivity index (χ2v) is 6.28. The zero-order chi connectivity index (χ0) is 14.6. The molecule has 20 heavy (non-hydrogen) atoms. The van der Waals surface area contributed by atoms with E-state index < -0.39 is 5.97 Å². The highest BCUT2D eigenvalue weighted by molar-refractivity contribution is 5.69. The van der Waals surface area contributed by atoms with E-state index in [9.17, 15) is 4.79 Å². The van der Waals surface area contributed by atoms with E-state index in [-0.39, 0.29) is 6.54 Å². The summed E-state index contributed by atoms with van der Waals surface area (Å²) in [5.41, 5.74) is 0. The first kappa shape index (κ1) is 17.5. The van der Waals surface area contributed by atoms with E-state index in [1.165, 1.54) is 70.6 Å². The highest BCUT2D eigenvalue weighted by Gasteiger charge is 2.23. The molecule has 1 aliphatic carbocycles. The largest absolute Gasteiger partial charge is 0.480 e. The molecule has 0 radical (unpaired) electrons. The fourth-order valence-electron chi connectivity index (χ4n) is 3.28. The van der Waals surface area contributed by atoms with Crippen LogP contribution in [-0.4, -0.2) is 35.1 Å². The molecule has 0 aromatic rings. The van der Waals surface area contributed by atoms with Crippen LogP contribution in [0, 0.1) is 0 Å². The van der Waals surface area contributed by atoms with Gasteiger partial charge in [-0.3, -0.25) is 9.69 Å². The van der Waals surface area contributed by atoms with Gasteiger partial charge in [0.1, 0.15) is 0 Å². The lowest BCUT2D eigenvalue weighted by molar-refractivity contribution is -0.138. The Kier molecular flexibility index (Phi) is 9.73. The summed E-state index contributed by atoms with van der Waals surface area (Å²) in [5, 5.41) is 9.03. The summed E-state index contributed by atoms with van der Waals surface area (Å²) in [6.45, 7) is 3.47. The van der Waals surface area contributed by atoms with Gasteiger partial charge in [-0.05, 0) is 25.8 Å². The molecule has 0 aliphatic heterocycles. The molecule has 0 aromatic carbocycles. The molecule has 0 bridgehead atoms. The van der Waals surface area contributed by atoms with Gasteiger partial charge in [-0.15, -0.1) is 0 Å². The van der Waals surface area contributed by atoms with Crippen molar-refractivity contribution in [1.29, 1.82) is 0 Å². The van der Waals surface area contributed by atoms with E-state index in [0.717, 1.165) is 13.0 Å². The maximum Gasteiger partial charge on any atom is 0.317 e. The Bertz CT molecular complexity index is 249. The third-order valence-corrected chi connectivity index (χ3v) is 4.48. The van der Waals surface area contributed by atoms with Crippen LogP contribution in [0.1, 0.15) is 84.0 Å². The lowest BCUT2D eigenvalue weighted by Crippen LogP contribution is -2.38. The summed E-state index contributed by atoms with van der Waals surface area (Å²) in [5.74, 6) is -0.670. The molecule has 3 nitrogen and oxygen atoms in total. The van der Waals surface area contributed by atoms with Crippen molar-refractivity contribution in [2.24, 2.45) is 0 Å². The van der Waals surface area contributed by atoms with Crippen LogP contribution in [0.2, 0.25) is 0 Å². The number of unbranched alkanes of at least 4 members (excludes halogenated alkanes) is 7. The zero-order valence-electron chi connectivity index (χ0n) is 13.3. The van der Waals surface area contributed by atoms with Gasteiger partial charge < -0.3 is 5.11 Å². The molecule has 1 rings (SSSR count). The Balaban J connectivity index is 2.07. The third kappa shape index (κ3) is 7.88. The topological polar surface area (TPSA) is 40.5 Å². The Hall–Kier alpha value is -0.570. The number of nitrogens with zero attached hydrogens (tertiary/aromatic N) is 1. The van der Waals surface area contributed by atoms with Crippen LogP contribution in [0.3, 0.4) is 0 Å². The average molecular weight is 283 g/mol. The predicted molar refractivity (Wildman–Crippen MR) is 84.1 cm³/mol. The van der Waals surface area contributed by atoms with E-state index in [1.54, 1.807) is 0 Å². The summed E-state index contributed by atoms with van der Waals surface area (Å²) < 4.78 is 0. The Morgan fingerprint density at radius 2 is 1.55 bits per heavy atom. The van der Waals surface area contributed by atoms with Crippen molar-refractivity contribution in [2.75, 3.05) is 13.1 Å². The number of rotatable bonds is 12. The molecule has 0 heterocycles. The molecule has 0 saturated heterocycles. The molecular formula is C17H33NO2. The highest BCUT2D eigenvalue weighted by atomic mass is 16.4. The molecule has 3 heteroatoms. The number of hydrogen-bond acceptors (Lipinski definition) is 2. The molecule has 0 atom stereocenters. The van der Waals surface area contributed by atoms with E-state index in [4.69, 9.17) is 5.11 Å². The van der Waals surface area contributed by atoms with Gasteiger partial charge in [0.2, 0.25) is 0 Å². The Labute approximate surface area is 124 Å². The molecule has 0 spiro atoms. The van der Waals surface area contributed by atoms with Crippen molar-refractivity contribution < 1.29 is 9.90 Å². The maximum atomic E-state index is 11.0. The Morgan fingerprint density at radius 3 is 2.10 bits per heavy atom. The number of carboxylic acids is 1. The van der Waals surface area contributed by atoms with Gasteiger partial charge in [0.05, 0.1) is 6.54 Å². The quantitative estimate of drug-likeness (QED) is 0.538. The third-order valence-electron chi connectivity index (χ3n) is 4.48. The zero-order valence-corrected chi connectivity index (χ0v) is 13.3. The summed E-state index contributed by atoms with van der Waals surface area (Å²) in [6, 6.07) is 0.538. The summed E-state index contributed by atoms with van der Waals surface area (Å²) in [6.07, 6.45) is 15.5. The molecule has 1 N–H and O–H groups in total. The fourth-order valence-corrected chi connectivity index (χ4v) is 3.28. The van der Waals surface area contributed by atoms with E-state index in [1.807, 2.05) is 0 Å². The van der Waals surface area contributed by atoms with E-state index in [0.29, 0.717) is 6.04 Å². The maximum absolute atomic E-state index is 11.0. The normalized spacial score (nSPS) is 16.1. The molecule has 0 amide bonds. The minimum atomic E-state index is -0.670. The van der Waals surface area contributed by atoms with Crippen molar-refractivity contribution >= 4 is 5.97 Å². The van der Waals surface area contributed by atoms with Crippen molar-refractivity contribution in [1.82, 2.24) is 4.90 Å². The fraction of sp³-hybridized carbons (Fsp3) is 0.941. The van der Waals surface area contributed by atoms with Gasteiger partial charge >= 0.3 is 5.97 Å². The van der Waals surface area contributed by atoms with Gasteiger partial charge in [0.25, 0.3) is 0 Å². The van der Waals surface area contributed by atoms with Crippen molar-refractivity contribution in [2.45, 2.75) is 90.0 Å². The van der Waals surface area contributed by atoms with Gasteiger partial charge in [-0.25, -0.2) is 0 Å². The lowest BCUT2D eigenvalue weighted by Gasteiger charge is -2.27. The van der Waals surface area contributed by atoms with E-state index in [2.05, 4.69) is 11.8 Å². The van der Waals surface area contributed by atoms with Gasteiger partial charge in [-0.1, -0.05) is 64.7 Å². The minimum absolute atomic E-state index is 0.237. The van der Waals surface area contributed by atoms with Crippen LogP contribution >= 0.6 is 0 Å². The number of carbonyl (C=O) groups is 1. The van der Waals surface area contributed by atoms with E-state index >= 15 is 0 Å². The van der Waals surface area contributed by atoms with Crippen LogP contribution in [-0.2, 0) is 4.79 Å². The number of carboxylic acid groups (broad SMARTS) is 1. The van der Waals surface area contributed by atoms with Gasteiger partial charge in [0, 0.05) is 6.04 Å². The van der Waals surface area contributed by atoms with Crippen LogP contribution < -0.4 is 0 Å². The van der Waals surface area contributed by atoms with Gasteiger partial charge in [-0.2, -0.15) is 0 Å². The standard InChI is InChI=1S/C17H33NO2/c1-2-3-4-5-6-7-8-11-14-18(15-17(19)20)16-12-9-10-13-16/h16H,2-15H2,1H3,(H,19,20). The van der Waals surface area contributed by atoms with Crippen molar-refractivity contribution in [3.05, 3.63) is 0 Å². The predicted octanol–water partition coefficient (Wildman–Crippen LogP) is 4.46. The highest BCUT2D eigenvalue weighted by Crippen LogP contribution is 2.23. The van der Waals surface area contributed by atoms with Crippen molar-refractivity contribution in [3.8, 4) is 0 Å². The summed E-state index contributed by atoms with van der Waals surface area (Å²) in [7, 11) is 0. The molecular weight excluding hydrogens is 250 g/mol. The second kappa shape index (κ2) is 11.1. The number of hydrogen-bond donors (Lipinski definition) is 1. The molecule has 118 valence electrons. The SMILES string of the molecule is CCCCCCCCCCN(CC(=O)O)C1CCCC1. The van der Waals surface area contributed by atoms with Gasteiger partial charge in [0.15, 0.2) is 0 Å². The monoisotopic (exact) mass is 283 g/mol. The van der Waals surface area contributed by atoms with Crippen LogP contribution in [0.4, 0.5) is 0 Å². The van der Waals surface area contributed by atoms with Crippen LogP contribution in [0.15, 0.2) is 0 Å². The van der Waals surface area contributed by atoms with Crippen LogP contribution in [0.25, 0.3) is 0 Å². The van der Waals surface area contributed by atoms with Crippen LogP contribution in [0.5, 0.6) is 0 Å². The minimum Gasteiger partial charge on any atom is -0.480 e. The lowest BCUT2D eigenvalue weighted by atomic mass is 10.1. The average Bonchev–Trinajstić information content (AvgIpc) is 2.94.